The molecular weight excluding hydrogens is 388 g/mol. The molecule has 0 rings (SSSR count). The minimum absolute atomic E-state index is 0.390. The zero-order chi connectivity index (χ0) is 23.4. The van der Waals surface area contributed by atoms with Gasteiger partial charge >= 0.3 is 12.1 Å². The second kappa shape index (κ2) is 13.4. The first-order valence-electron chi connectivity index (χ1n) is 10.7. The second-order valence-corrected chi connectivity index (χ2v) is 9.41. The number of ether oxygens (including phenoxy) is 2. The SMILES string of the molecule is CC(C)(C)OC(=O)NCCCCC(N)C(=O)NC(CCCCN)C(=O)OC(C)(C)C. The van der Waals surface area contributed by atoms with Gasteiger partial charge < -0.3 is 31.6 Å². The molecule has 0 fully saturated rings. The van der Waals surface area contributed by atoms with E-state index >= 15 is 0 Å². The Morgan fingerprint density at radius 3 is 1.97 bits per heavy atom. The molecule has 0 saturated carbocycles. The van der Waals surface area contributed by atoms with Gasteiger partial charge in [-0.3, -0.25) is 4.79 Å². The third-order valence-corrected chi connectivity index (χ3v) is 3.90. The van der Waals surface area contributed by atoms with E-state index in [2.05, 4.69) is 10.6 Å². The summed E-state index contributed by atoms with van der Waals surface area (Å²) in [4.78, 5) is 36.4. The summed E-state index contributed by atoms with van der Waals surface area (Å²) in [6, 6.07) is -1.49. The Kier molecular flexibility index (Phi) is 12.6. The van der Waals surface area contributed by atoms with E-state index in [-0.39, 0.29) is 0 Å². The lowest BCUT2D eigenvalue weighted by Gasteiger charge is -2.25. The summed E-state index contributed by atoms with van der Waals surface area (Å²) in [6.45, 7) is 11.7. The van der Waals surface area contributed by atoms with Gasteiger partial charge in [0, 0.05) is 6.54 Å². The van der Waals surface area contributed by atoms with Crippen molar-refractivity contribution in [3.63, 3.8) is 0 Å². The van der Waals surface area contributed by atoms with Gasteiger partial charge in [-0.15, -0.1) is 0 Å². The van der Waals surface area contributed by atoms with Crippen molar-refractivity contribution in [2.75, 3.05) is 13.1 Å². The molecule has 0 aliphatic carbocycles. The van der Waals surface area contributed by atoms with Crippen LogP contribution in [0.15, 0.2) is 0 Å². The van der Waals surface area contributed by atoms with Crippen LogP contribution in [0.5, 0.6) is 0 Å². The lowest BCUT2D eigenvalue weighted by molar-refractivity contribution is -0.159. The molecule has 0 aromatic heterocycles. The molecule has 0 aromatic rings. The van der Waals surface area contributed by atoms with Crippen molar-refractivity contribution in [1.82, 2.24) is 10.6 Å². The topological polar surface area (TPSA) is 146 Å². The van der Waals surface area contributed by atoms with Crippen LogP contribution in [-0.2, 0) is 19.1 Å². The third-order valence-electron chi connectivity index (χ3n) is 3.90. The highest BCUT2D eigenvalue weighted by molar-refractivity contribution is 5.87. The predicted molar refractivity (Wildman–Crippen MR) is 117 cm³/mol. The normalized spacial score (nSPS) is 13.9. The molecule has 0 heterocycles. The molecular formula is C21H42N4O5. The number of hydrogen-bond acceptors (Lipinski definition) is 7. The van der Waals surface area contributed by atoms with Crippen molar-refractivity contribution in [1.29, 1.82) is 0 Å². The zero-order valence-corrected chi connectivity index (χ0v) is 19.5. The number of esters is 1. The molecule has 0 radical (unpaired) electrons. The van der Waals surface area contributed by atoms with Crippen LogP contribution in [0.4, 0.5) is 4.79 Å². The Balaban J connectivity index is 4.42. The first-order valence-corrected chi connectivity index (χ1v) is 10.7. The maximum atomic E-state index is 12.4. The molecule has 176 valence electrons. The van der Waals surface area contributed by atoms with Crippen LogP contribution in [0.25, 0.3) is 0 Å². The molecule has 9 heteroatoms. The molecule has 2 unspecified atom stereocenters. The number of nitrogens with one attached hydrogen (secondary N) is 2. The van der Waals surface area contributed by atoms with Crippen LogP contribution in [0.3, 0.4) is 0 Å². The minimum Gasteiger partial charge on any atom is -0.458 e. The number of nitrogens with two attached hydrogens (primary N) is 2. The summed E-state index contributed by atoms with van der Waals surface area (Å²) < 4.78 is 10.6. The van der Waals surface area contributed by atoms with Crippen molar-refractivity contribution >= 4 is 18.0 Å². The van der Waals surface area contributed by atoms with E-state index in [0.29, 0.717) is 45.2 Å². The molecule has 2 atom stereocenters. The molecule has 0 spiro atoms. The van der Waals surface area contributed by atoms with Gasteiger partial charge in [-0.25, -0.2) is 9.59 Å². The Morgan fingerprint density at radius 1 is 0.867 bits per heavy atom. The smallest absolute Gasteiger partial charge is 0.407 e. The van der Waals surface area contributed by atoms with E-state index in [1.807, 2.05) is 0 Å². The predicted octanol–water partition coefficient (Wildman–Crippen LogP) is 1.96. The van der Waals surface area contributed by atoms with Crippen molar-refractivity contribution in [3.8, 4) is 0 Å². The average molecular weight is 431 g/mol. The summed E-state index contributed by atoms with van der Waals surface area (Å²) in [5.74, 6) is -0.861. The minimum atomic E-state index is -0.747. The van der Waals surface area contributed by atoms with Crippen molar-refractivity contribution < 1.29 is 23.9 Å². The Labute approximate surface area is 181 Å². The largest absolute Gasteiger partial charge is 0.458 e. The van der Waals surface area contributed by atoms with Gasteiger partial charge in [0.25, 0.3) is 0 Å². The number of alkyl carbamates (subject to hydrolysis) is 1. The molecule has 0 aliphatic heterocycles. The van der Waals surface area contributed by atoms with Crippen molar-refractivity contribution in [3.05, 3.63) is 0 Å². The van der Waals surface area contributed by atoms with Gasteiger partial charge in [0.2, 0.25) is 5.91 Å². The van der Waals surface area contributed by atoms with E-state index < -0.39 is 41.3 Å². The number of unbranched alkanes of at least 4 members (excludes halogenated alkanes) is 2. The van der Waals surface area contributed by atoms with Crippen molar-refractivity contribution in [2.45, 2.75) is 103 Å². The Hall–Kier alpha value is -1.87. The van der Waals surface area contributed by atoms with Gasteiger partial charge in [0.1, 0.15) is 17.2 Å². The molecule has 0 aromatic carbocycles. The number of hydrogen-bond donors (Lipinski definition) is 4. The van der Waals surface area contributed by atoms with Gasteiger partial charge in [0.15, 0.2) is 0 Å². The molecule has 0 bridgehead atoms. The maximum Gasteiger partial charge on any atom is 0.407 e. The fraction of sp³-hybridized carbons (Fsp3) is 0.857. The number of carbonyl (C=O) groups is 3. The summed E-state index contributed by atoms with van der Waals surface area (Å²) in [6.07, 6.45) is 3.18. The van der Waals surface area contributed by atoms with E-state index in [1.165, 1.54) is 0 Å². The number of amides is 2. The van der Waals surface area contributed by atoms with Crippen LogP contribution in [0, 0.1) is 0 Å². The molecule has 6 N–H and O–H groups in total. The standard InChI is InChI=1S/C21H42N4O5/c1-20(2,3)29-18(27)16(12-7-9-13-22)25-17(26)15(23)11-8-10-14-24-19(28)30-21(4,5)6/h15-16H,7-14,22-23H2,1-6H3,(H,24,28)(H,25,26). The quantitative estimate of drug-likeness (QED) is 0.273. The Bertz CT molecular complexity index is 540. The lowest BCUT2D eigenvalue weighted by Crippen LogP contribution is -2.50. The van der Waals surface area contributed by atoms with Crippen LogP contribution in [0.1, 0.15) is 80.1 Å². The monoisotopic (exact) mass is 430 g/mol. The van der Waals surface area contributed by atoms with Crippen LogP contribution < -0.4 is 22.1 Å². The Morgan fingerprint density at radius 2 is 1.43 bits per heavy atom. The van der Waals surface area contributed by atoms with Gasteiger partial charge in [0.05, 0.1) is 6.04 Å². The molecule has 0 aliphatic rings. The van der Waals surface area contributed by atoms with Crippen LogP contribution in [0.2, 0.25) is 0 Å². The molecule has 9 nitrogen and oxygen atoms in total. The number of rotatable bonds is 12. The highest BCUT2D eigenvalue weighted by Crippen LogP contribution is 2.12. The molecule has 2 amide bonds. The zero-order valence-electron chi connectivity index (χ0n) is 19.5. The fourth-order valence-electron chi connectivity index (χ4n) is 2.52. The summed E-state index contributed by atoms with van der Waals surface area (Å²) in [5.41, 5.74) is 10.3. The first kappa shape index (κ1) is 28.1. The molecule has 30 heavy (non-hydrogen) atoms. The van der Waals surface area contributed by atoms with Crippen molar-refractivity contribution in [2.24, 2.45) is 11.5 Å². The van der Waals surface area contributed by atoms with Gasteiger partial charge in [-0.1, -0.05) is 0 Å². The first-order chi connectivity index (χ1) is 13.7. The van der Waals surface area contributed by atoms with Crippen LogP contribution >= 0.6 is 0 Å². The summed E-state index contributed by atoms with van der Waals surface area (Å²) in [5, 5.41) is 5.38. The summed E-state index contributed by atoms with van der Waals surface area (Å²) >= 11 is 0. The highest BCUT2D eigenvalue weighted by Gasteiger charge is 2.27. The van der Waals surface area contributed by atoms with E-state index in [4.69, 9.17) is 20.9 Å². The lowest BCUT2D eigenvalue weighted by atomic mass is 10.1. The van der Waals surface area contributed by atoms with Gasteiger partial charge in [-0.2, -0.15) is 0 Å². The van der Waals surface area contributed by atoms with E-state index in [9.17, 15) is 14.4 Å². The highest BCUT2D eigenvalue weighted by atomic mass is 16.6. The fourth-order valence-corrected chi connectivity index (χ4v) is 2.52. The maximum absolute atomic E-state index is 12.4. The van der Waals surface area contributed by atoms with E-state index in [0.717, 1.165) is 6.42 Å². The van der Waals surface area contributed by atoms with Gasteiger partial charge in [-0.05, 0) is 86.6 Å². The van der Waals surface area contributed by atoms with E-state index in [1.54, 1.807) is 41.5 Å². The third kappa shape index (κ3) is 15.0. The number of carbonyl (C=O) groups excluding carboxylic acids is 3. The molecule has 0 saturated heterocycles. The van der Waals surface area contributed by atoms with Crippen LogP contribution in [-0.4, -0.2) is 54.3 Å². The second-order valence-electron chi connectivity index (χ2n) is 9.41. The summed E-state index contributed by atoms with van der Waals surface area (Å²) in [7, 11) is 0. The average Bonchev–Trinajstić information content (AvgIpc) is 2.57.